The van der Waals surface area contributed by atoms with Gasteiger partial charge in [-0.3, -0.25) is 4.99 Å². The fourth-order valence-electron chi connectivity index (χ4n) is 4.27. The van der Waals surface area contributed by atoms with Gasteiger partial charge >= 0.3 is 0 Å². The van der Waals surface area contributed by atoms with Gasteiger partial charge in [-0.15, -0.1) is 24.0 Å². The molecule has 2 heterocycles. The molecule has 28 heavy (non-hydrogen) atoms. The average Bonchev–Trinajstić information content (AvgIpc) is 3.16. The number of hydrogen-bond donors (Lipinski definition) is 1. The van der Waals surface area contributed by atoms with Crippen molar-refractivity contribution in [2.24, 2.45) is 4.99 Å². The van der Waals surface area contributed by atoms with Gasteiger partial charge in [-0.2, -0.15) is 0 Å². The highest BCUT2D eigenvalue weighted by atomic mass is 127. The topological polar surface area (TPSA) is 36.9 Å². The summed E-state index contributed by atoms with van der Waals surface area (Å²) in [4.78, 5) is 7.49. The van der Waals surface area contributed by atoms with Crippen LogP contribution in [0.3, 0.4) is 0 Å². The molecule has 0 spiro atoms. The largest absolute Gasteiger partial charge is 0.381 e. The molecule has 0 unspecified atom stereocenters. The molecular formula is C23H30IN3O. The molecule has 0 bridgehead atoms. The van der Waals surface area contributed by atoms with Gasteiger partial charge in [0.1, 0.15) is 0 Å². The standard InChI is InChI=1S/C23H29N3O.HI/c1-2-24-22(26-15-12-19-8-6-7-11-21(19)26)25-18-23(13-16-27-17-14-23)20-9-4-3-5-10-20;/h3-11H,2,12-18H2,1H3,(H,24,25);1H. The fourth-order valence-corrected chi connectivity index (χ4v) is 4.27. The molecule has 1 fully saturated rings. The zero-order chi connectivity index (χ0) is 18.5. The van der Waals surface area contributed by atoms with E-state index in [4.69, 9.17) is 9.73 Å². The van der Waals surface area contributed by atoms with Gasteiger partial charge in [-0.25, -0.2) is 0 Å². The van der Waals surface area contributed by atoms with Gasteiger partial charge in [0.15, 0.2) is 5.96 Å². The maximum absolute atomic E-state index is 5.67. The Morgan fingerprint density at radius 1 is 1.07 bits per heavy atom. The summed E-state index contributed by atoms with van der Waals surface area (Å²) >= 11 is 0. The van der Waals surface area contributed by atoms with Gasteiger partial charge in [0.05, 0.1) is 6.54 Å². The van der Waals surface area contributed by atoms with Crippen molar-refractivity contribution in [1.82, 2.24) is 5.32 Å². The Labute approximate surface area is 185 Å². The van der Waals surface area contributed by atoms with E-state index in [0.717, 1.165) is 58.1 Å². The summed E-state index contributed by atoms with van der Waals surface area (Å²) in [6.45, 7) is 6.42. The van der Waals surface area contributed by atoms with Crippen molar-refractivity contribution in [1.29, 1.82) is 0 Å². The maximum Gasteiger partial charge on any atom is 0.198 e. The number of ether oxygens (including phenoxy) is 1. The number of para-hydroxylation sites is 1. The third kappa shape index (κ3) is 4.35. The van der Waals surface area contributed by atoms with Gasteiger partial charge < -0.3 is 15.0 Å². The number of aliphatic imine (C=N–C) groups is 1. The van der Waals surface area contributed by atoms with E-state index in [1.807, 2.05) is 0 Å². The third-order valence-corrected chi connectivity index (χ3v) is 5.85. The minimum Gasteiger partial charge on any atom is -0.381 e. The Balaban J connectivity index is 0.00000225. The molecular weight excluding hydrogens is 461 g/mol. The number of anilines is 1. The molecule has 1 N–H and O–H groups in total. The Morgan fingerprint density at radius 2 is 1.79 bits per heavy atom. The maximum atomic E-state index is 5.67. The van der Waals surface area contributed by atoms with Crippen LogP contribution < -0.4 is 10.2 Å². The lowest BCUT2D eigenvalue weighted by atomic mass is 9.74. The van der Waals surface area contributed by atoms with Gasteiger partial charge in [0.2, 0.25) is 0 Å². The zero-order valence-electron chi connectivity index (χ0n) is 16.6. The van der Waals surface area contributed by atoms with Crippen molar-refractivity contribution in [3.05, 3.63) is 65.7 Å². The summed E-state index contributed by atoms with van der Waals surface area (Å²) < 4.78 is 5.67. The summed E-state index contributed by atoms with van der Waals surface area (Å²) in [5.74, 6) is 1.00. The lowest BCUT2D eigenvalue weighted by Crippen LogP contribution is -2.43. The smallest absolute Gasteiger partial charge is 0.198 e. The summed E-state index contributed by atoms with van der Waals surface area (Å²) in [5.41, 5.74) is 4.15. The number of halogens is 1. The molecule has 4 nitrogen and oxygen atoms in total. The lowest BCUT2D eigenvalue weighted by molar-refractivity contribution is 0.0531. The Kier molecular flexibility index (Phi) is 7.35. The van der Waals surface area contributed by atoms with Crippen molar-refractivity contribution in [3.63, 3.8) is 0 Å². The van der Waals surface area contributed by atoms with Crippen molar-refractivity contribution in [3.8, 4) is 0 Å². The van der Waals surface area contributed by atoms with Gasteiger partial charge in [0.25, 0.3) is 0 Å². The summed E-state index contributed by atoms with van der Waals surface area (Å²) in [5, 5.41) is 3.52. The Morgan fingerprint density at radius 3 is 2.54 bits per heavy atom. The van der Waals surface area contributed by atoms with E-state index in [-0.39, 0.29) is 29.4 Å². The number of guanidine groups is 1. The number of rotatable bonds is 4. The van der Waals surface area contributed by atoms with Gasteiger partial charge in [-0.05, 0) is 43.4 Å². The first-order chi connectivity index (χ1) is 13.3. The van der Waals surface area contributed by atoms with Crippen LogP contribution in [0, 0.1) is 0 Å². The molecule has 0 amide bonds. The van der Waals surface area contributed by atoms with Crippen LogP contribution in [0.2, 0.25) is 0 Å². The molecule has 150 valence electrons. The molecule has 4 rings (SSSR count). The lowest BCUT2D eigenvalue weighted by Gasteiger charge is -2.37. The molecule has 0 aromatic heterocycles. The van der Waals surface area contributed by atoms with Crippen LogP contribution in [-0.2, 0) is 16.6 Å². The molecule has 2 aliphatic heterocycles. The number of nitrogens with one attached hydrogen (secondary N) is 1. The van der Waals surface area contributed by atoms with Crippen molar-refractivity contribution in [2.45, 2.75) is 31.6 Å². The Hall–Kier alpha value is -1.60. The van der Waals surface area contributed by atoms with Crippen LogP contribution in [0.1, 0.15) is 30.9 Å². The molecule has 5 heteroatoms. The molecule has 0 radical (unpaired) electrons. The van der Waals surface area contributed by atoms with Gasteiger partial charge in [0, 0.05) is 37.4 Å². The van der Waals surface area contributed by atoms with Crippen LogP contribution in [0.25, 0.3) is 0 Å². The van der Waals surface area contributed by atoms with E-state index in [1.165, 1.54) is 16.8 Å². The highest BCUT2D eigenvalue weighted by molar-refractivity contribution is 14.0. The van der Waals surface area contributed by atoms with Gasteiger partial charge in [-0.1, -0.05) is 48.5 Å². The third-order valence-electron chi connectivity index (χ3n) is 5.85. The number of hydrogen-bond acceptors (Lipinski definition) is 2. The van der Waals surface area contributed by atoms with Crippen LogP contribution in [-0.4, -0.2) is 38.8 Å². The van der Waals surface area contributed by atoms with E-state index in [2.05, 4.69) is 71.7 Å². The molecule has 0 atom stereocenters. The van der Waals surface area contributed by atoms with Crippen LogP contribution in [0.4, 0.5) is 5.69 Å². The minimum absolute atomic E-state index is 0. The fraction of sp³-hybridized carbons (Fsp3) is 0.435. The van der Waals surface area contributed by atoms with Crippen molar-refractivity contribution in [2.75, 3.05) is 37.7 Å². The summed E-state index contributed by atoms with van der Waals surface area (Å²) in [6.07, 6.45) is 3.13. The minimum atomic E-state index is 0. The highest BCUT2D eigenvalue weighted by Crippen LogP contribution is 2.35. The van der Waals surface area contributed by atoms with E-state index in [9.17, 15) is 0 Å². The predicted octanol–water partition coefficient (Wildman–Crippen LogP) is 4.38. The Bertz CT molecular complexity index is 787. The molecule has 1 saturated heterocycles. The van der Waals surface area contributed by atoms with Crippen LogP contribution in [0.5, 0.6) is 0 Å². The number of nitrogens with zero attached hydrogens (tertiary/aromatic N) is 2. The second-order valence-electron chi connectivity index (χ2n) is 7.46. The molecule has 2 aromatic carbocycles. The summed E-state index contributed by atoms with van der Waals surface area (Å²) in [6, 6.07) is 19.5. The molecule has 2 aromatic rings. The van der Waals surface area contributed by atoms with E-state index in [1.54, 1.807) is 0 Å². The van der Waals surface area contributed by atoms with E-state index < -0.39 is 0 Å². The normalized spacial score (nSPS) is 18.3. The molecule has 0 aliphatic carbocycles. The first kappa shape index (κ1) is 21.1. The summed E-state index contributed by atoms with van der Waals surface area (Å²) in [7, 11) is 0. The van der Waals surface area contributed by atoms with E-state index in [0.29, 0.717) is 0 Å². The zero-order valence-corrected chi connectivity index (χ0v) is 18.9. The van der Waals surface area contributed by atoms with E-state index >= 15 is 0 Å². The quantitative estimate of drug-likeness (QED) is 0.392. The second-order valence-corrected chi connectivity index (χ2v) is 7.46. The second kappa shape index (κ2) is 9.74. The van der Waals surface area contributed by atoms with Crippen LogP contribution in [0.15, 0.2) is 59.6 Å². The van der Waals surface area contributed by atoms with Crippen molar-refractivity contribution < 1.29 is 4.74 Å². The molecule has 0 saturated carbocycles. The number of benzene rings is 2. The average molecular weight is 491 g/mol. The monoisotopic (exact) mass is 491 g/mol. The SMILES string of the molecule is CCNC(=NCC1(c2ccccc2)CCOCC1)N1CCc2ccccc21.I. The predicted molar refractivity (Wildman–Crippen MR) is 127 cm³/mol. The first-order valence-corrected chi connectivity index (χ1v) is 10.1. The highest BCUT2D eigenvalue weighted by Gasteiger charge is 2.35. The van der Waals surface area contributed by atoms with Crippen molar-refractivity contribution >= 4 is 35.6 Å². The van der Waals surface area contributed by atoms with Crippen LogP contribution >= 0.6 is 24.0 Å². The first-order valence-electron chi connectivity index (χ1n) is 10.1. The molecule has 2 aliphatic rings. The number of fused-ring (bicyclic) bond motifs is 1.